The Labute approximate surface area is 114 Å². The lowest BCUT2D eigenvalue weighted by molar-refractivity contribution is 0.0735. The monoisotopic (exact) mass is 267 g/mol. The standard InChI is InChI=1S/C14H9N3O3/c18-14(10-5-7-15-8-6-10)20-12-4-2-1-3-11(12)13-17-16-9-19-13/h1-9H. The Bertz CT molecular complexity index is 712. The van der Waals surface area contributed by atoms with Crippen molar-refractivity contribution in [1.29, 1.82) is 0 Å². The van der Waals surface area contributed by atoms with Crippen LogP contribution in [-0.4, -0.2) is 21.2 Å². The fraction of sp³-hybridized carbons (Fsp3) is 0. The van der Waals surface area contributed by atoms with Crippen LogP contribution in [0.5, 0.6) is 5.75 Å². The predicted molar refractivity (Wildman–Crippen MR) is 68.9 cm³/mol. The lowest BCUT2D eigenvalue weighted by Crippen LogP contribution is -2.09. The van der Waals surface area contributed by atoms with Crippen LogP contribution in [0.4, 0.5) is 0 Å². The van der Waals surface area contributed by atoms with Gasteiger partial charge in [-0.05, 0) is 24.3 Å². The van der Waals surface area contributed by atoms with Crippen LogP contribution in [0.3, 0.4) is 0 Å². The zero-order valence-electron chi connectivity index (χ0n) is 10.3. The van der Waals surface area contributed by atoms with Gasteiger partial charge in [-0.25, -0.2) is 4.79 Å². The van der Waals surface area contributed by atoms with Crippen molar-refractivity contribution < 1.29 is 13.9 Å². The maximum Gasteiger partial charge on any atom is 0.343 e. The van der Waals surface area contributed by atoms with Crippen molar-refractivity contribution in [3.63, 3.8) is 0 Å². The van der Waals surface area contributed by atoms with Gasteiger partial charge in [0.25, 0.3) is 5.89 Å². The van der Waals surface area contributed by atoms with Gasteiger partial charge < -0.3 is 9.15 Å². The molecule has 0 saturated carbocycles. The van der Waals surface area contributed by atoms with E-state index in [9.17, 15) is 4.79 Å². The summed E-state index contributed by atoms with van der Waals surface area (Å²) < 4.78 is 10.5. The number of rotatable bonds is 3. The summed E-state index contributed by atoms with van der Waals surface area (Å²) in [4.78, 5) is 15.9. The first-order chi connectivity index (χ1) is 9.84. The first-order valence-corrected chi connectivity index (χ1v) is 5.82. The second kappa shape index (κ2) is 5.31. The molecule has 3 aromatic rings. The average Bonchev–Trinajstić information content (AvgIpc) is 3.03. The number of esters is 1. The molecule has 6 nitrogen and oxygen atoms in total. The number of carbonyl (C=O) groups excluding carboxylic acids is 1. The molecular formula is C14H9N3O3. The largest absolute Gasteiger partial charge is 0.423 e. The number of aromatic nitrogens is 3. The van der Waals surface area contributed by atoms with E-state index in [2.05, 4.69) is 15.2 Å². The summed E-state index contributed by atoms with van der Waals surface area (Å²) in [6.45, 7) is 0. The zero-order chi connectivity index (χ0) is 13.8. The fourth-order valence-electron chi connectivity index (χ4n) is 1.67. The summed E-state index contributed by atoms with van der Waals surface area (Å²) in [6, 6.07) is 10.1. The topological polar surface area (TPSA) is 78.1 Å². The summed E-state index contributed by atoms with van der Waals surface area (Å²) in [6.07, 6.45) is 4.28. The molecule has 3 rings (SSSR count). The van der Waals surface area contributed by atoms with E-state index in [-0.39, 0.29) is 0 Å². The number of para-hydroxylation sites is 1. The van der Waals surface area contributed by atoms with Crippen LogP contribution in [-0.2, 0) is 0 Å². The smallest absolute Gasteiger partial charge is 0.343 e. The van der Waals surface area contributed by atoms with E-state index in [1.165, 1.54) is 18.8 Å². The van der Waals surface area contributed by atoms with Crippen molar-refractivity contribution in [2.75, 3.05) is 0 Å². The van der Waals surface area contributed by atoms with Crippen LogP contribution >= 0.6 is 0 Å². The van der Waals surface area contributed by atoms with Gasteiger partial charge in [-0.2, -0.15) is 0 Å². The molecule has 1 aromatic carbocycles. The molecule has 6 heteroatoms. The van der Waals surface area contributed by atoms with Crippen molar-refractivity contribution in [3.05, 3.63) is 60.7 Å². The second-order valence-electron chi connectivity index (χ2n) is 3.87. The quantitative estimate of drug-likeness (QED) is 0.535. The maximum absolute atomic E-state index is 12.0. The summed E-state index contributed by atoms with van der Waals surface area (Å²) in [5, 5.41) is 7.42. The van der Waals surface area contributed by atoms with Gasteiger partial charge in [0, 0.05) is 12.4 Å². The predicted octanol–water partition coefficient (Wildman–Crippen LogP) is 2.35. The van der Waals surface area contributed by atoms with Crippen LogP contribution in [0.2, 0.25) is 0 Å². The molecule has 0 bridgehead atoms. The van der Waals surface area contributed by atoms with Gasteiger partial charge in [-0.15, -0.1) is 10.2 Å². The van der Waals surface area contributed by atoms with Crippen molar-refractivity contribution in [1.82, 2.24) is 15.2 Å². The van der Waals surface area contributed by atoms with Gasteiger partial charge in [0.05, 0.1) is 11.1 Å². The molecule has 0 aliphatic rings. The SMILES string of the molecule is O=C(Oc1ccccc1-c1nnco1)c1ccncc1. The van der Waals surface area contributed by atoms with Crippen LogP contribution in [0, 0.1) is 0 Å². The van der Waals surface area contributed by atoms with Gasteiger partial charge in [-0.1, -0.05) is 12.1 Å². The number of nitrogens with zero attached hydrogens (tertiary/aromatic N) is 3. The Morgan fingerprint density at radius 3 is 2.65 bits per heavy atom. The minimum Gasteiger partial charge on any atom is -0.423 e. The molecule has 0 saturated heterocycles. The van der Waals surface area contributed by atoms with E-state index in [1.807, 2.05) is 0 Å². The maximum atomic E-state index is 12.0. The van der Waals surface area contributed by atoms with Gasteiger partial charge in [0.15, 0.2) is 0 Å². The number of pyridine rings is 1. The first kappa shape index (κ1) is 12.0. The fourth-order valence-corrected chi connectivity index (χ4v) is 1.67. The second-order valence-corrected chi connectivity index (χ2v) is 3.87. The lowest BCUT2D eigenvalue weighted by Gasteiger charge is -2.07. The highest BCUT2D eigenvalue weighted by Crippen LogP contribution is 2.28. The molecule has 20 heavy (non-hydrogen) atoms. The summed E-state index contributed by atoms with van der Waals surface area (Å²) in [5.41, 5.74) is 0.979. The molecule has 0 aliphatic heterocycles. The Balaban J connectivity index is 1.90. The number of hydrogen-bond acceptors (Lipinski definition) is 6. The van der Waals surface area contributed by atoms with E-state index < -0.39 is 5.97 Å². The molecule has 0 N–H and O–H groups in total. The highest BCUT2D eigenvalue weighted by atomic mass is 16.5. The zero-order valence-corrected chi connectivity index (χ0v) is 10.3. The number of benzene rings is 1. The minimum atomic E-state index is -0.473. The molecule has 0 spiro atoms. The Morgan fingerprint density at radius 1 is 1.10 bits per heavy atom. The molecule has 0 atom stereocenters. The van der Waals surface area contributed by atoms with Gasteiger partial charge in [-0.3, -0.25) is 4.98 Å². The van der Waals surface area contributed by atoms with Crippen molar-refractivity contribution in [2.45, 2.75) is 0 Å². The molecule has 0 amide bonds. The molecule has 2 aromatic heterocycles. The van der Waals surface area contributed by atoms with Crippen LogP contribution in [0.1, 0.15) is 10.4 Å². The van der Waals surface area contributed by atoms with Crippen molar-refractivity contribution in [2.24, 2.45) is 0 Å². The number of ether oxygens (including phenoxy) is 1. The molecule has 98 valence electrons. The first-order valence-electron chi connectivity index (χ1n) is 5.82. The van der Waals surface area contributed by atoms with E-state index in [0.717, 1.165) is 0 Å². The summed E-state index contributed by atoms with van der Waals surface area (Å²) in [5.74, 6) is 0.182. The van der Waals surface area contributed by atoms with Crippen LogP contribution in [0.15, 0.2) is 59.6 Å². The average molecular weight is 267 g/mol. The molecule has 0 aliphatic carbocycles. The van der Waals surface area contributed by atoms with E-state index >= 15 is 0 Å². The summed E-state index contributed by atoms with van der Waals surface area (Å²) in [7, 11) is 0. The molecule has 2 heterocycles. The third-order valence-electron chi connectivity index (χ3n) is 2.60. The van der Waals surface area contributed by atoms with Crippen LogP contribution < -0.4 is 4.74 Å². The molecule has 0 radical (unpaired) electrons. The van der Waals surface area contributed by atoms with Crippen LogP contribution in [0.25, 0.3) is 11.5 Å². The normalized spacial score (nSPS) is 10.2. The van der Waals surface area contributed by atoms with E-state index in [0.29, 0.717) is 22.8 Å². The van der Waals surface area contributed by atoms with Gasteiger partial charge in [0.2, 0.25) is 6.39 Å². The third kappa shape index (κ3) is 2.39. The Kier molecular flexibility index (Phi) is 3.20. The van der Waals surface area contributed by atoms with Gasteiger partial charge >= 0.3 is 5.97 Å². The molecular weight excluding hydrogens is 258 g/mol. The van der Waals surface area contributed by atoms with Crippen molar-refractivity contribution >= 4 is 5.97 Å². The lowest BCUT2D eigenvalue weighted by atomic mass is 10.2. The Morgan fingerprint density at radius 2 is 1.90 bits per heavy atom. The molecule has 0 fully saturated rings. The third-order valence-corrected chi connectivity index (χ3v) is 2.60. The Hall–Kier alpha value is -3.02. The minimum absolute atomic E-state index is 0.295. The molecule has 0 unspecified atom stereocenters. The summed E-state index contributed by atoms with van der Waals surface area (Å²) >= 11 is 0. The number of hydrogen-bond donors (Lipinski definition) is 0. The number of carbonyl (C=O) groups is 1. The van der Waals surface area contributed by atoms with E-state index in [4.69, 9.17) is 9.15 Å². The van der Waals surface area contributed by atoms with Gasteiger partial charge in [0.1, 0.15) is 5.75 Å². The van der Waals surface area contributed by atoms with Crippen molar-refractivity contribution in [3.8, 4) is 17.2 Å². The van der Waals surface area contributed by atoms with E-state index in [1.54, 1.807) is 36.4 Å². The highest BCUT2D eigenvalue weighted by Gasteiger charge is 2.14. The highest BCUT2D eigenvalue weighted by molar-refractivity contribution is 5.91.